The molecule has 0 saturated carbocycles. The number of nitrogens with one attached hydrogen (secondary N) is 1. The Morgan fingerprint density at radius 2 is 1.83 bits per heavy atom. The highest BCUT2D eigenvalue weighted by molar-refractivity contribution is 7.99. The zero-order valence-corrected chi connectivity index (χ0v) is 14.1. The number of rotatable bonds is 5. The van der Waals surface area contributed by atoms with E-state index in [4.69, 9.17) is 5.73 Å². The predicted molar refractivity (Wildman–Crippen MR) is 88.0 cm³/mol. The molecule has 0 spiro atoms. The third-order valence-electron chi connectivity index (χ3n) is 2.94. The van der Waals surface area contributed by atoms with Crippen LogP contribution in [0, 0.1) is 11.6 Å². The standard InChI is InChI=1S/C15H16F2N2O2S2/c1-9(18)10-3-5-13(19-23(2,20)21)15(7-10)22-14-6-4-11(16)8-12(14)17/h3-9,19H,18H2,1-2H3. The van der Waals surface area contributed by atoms with Crippen LogP contribution in [0.3, 0.4) is 0 Å². The van der Waals surface area contributed by atoms with E-state index in [9.17, 15) is 17.2 Å². The number of benzene rings is 2. The van der Waals surface area contributed by atoms with E-state index in [-0.39, 0.29) is 10.9 Å². The summed E-state index contributed by atoms with van der Waals surface area (Å²) in [4.78, 5) is 0.667. The van der Waals surface area contributed by atoms with Crippen LogP contribution in [0.1, 0.15) is 18.5 Å². The van der Waals surface area contributed by atoms with Gasteiger partial charge in [0.15, 0.2) is 0 Å². The second-order valence-electron chi connectivity index (χ2n) is 5.10. The van der Waals surface area contributed by atoms with Gasteiger partial charge in [0.25, 0.3) is 0 Å². The van der Waals surface area contributed by atoms with E-state index >= 15 is 0 Å². The van der Waals surface area contributed by atoms with E-state index in [0.29, 0.717) is 10.6 Å². The van der Waals surface area contributed by atoms with Gasteiger partial charge in [-0.1, -0.05) is 17.8 Å². The molecular weight excluding hydrogens is 342 g/mol. The number of hydrogen-bond donors (Lipinski definition) is 2. The molecule has 1 unspecified atom stereocenters. The lowest BCUT2D eigenvalue weighted by atomic mass is 10.1. The average molecular weight is 358 g/mol. The molecule has 0 amide bonds. The minimum Gasteiger partial charge on any atom is -0.324 e. The average Bonchev–Trinajstić information content (AvgIpc) is 2.41. The minimum absolute atomic E-state index is 0.185. The third kappa shape index (κ3) is 4.92. The molecule has 1 atom stereocenters. The van der Waals surface area contributed by atoms with E-state index in [0.717, 1.165) is 35.7 Å². The van der Waals surface area contributed by atoms with Gasteiger partial charge in [-0.3, -0.25) is 4.72 Å². The van der Waals surface area contributed by atoms with E-state index < -0.39 is 21.7 Å². The van der Waals surface area contributed by atoms with Crippen molar-refractivity contribution in [3.8, 4) is 0 Å². The van der Waals surface area contributed by atoms with Gasteiger partial charge in [0.05, 0.1) is 11.9 Å². The van der Waals surface area contributed by atoms with Gasteiger partial charge in [-0.05, 0) is 36.8 Å². The molecule has 2 rings (SSSR count). The fourth-order valence-electron chi connectivity index (χ4n) is 1.87. The van der Waals surface area contributed by atoms with E-state index in [1.807, 2.05) is 0 Å². The number of anilines is 1. The molecule has 2 aromatic rings. The molecule has 0 aromatic heterocycles. The second-order valence-corrected chi connectivity index (χ2v) is 7.93. The van der Waals surface area contributed by atoms with E-state index in [2.05, 4.69) is 4.72 Å². The molecule has 0 aliphatic rings. The quantitative estimate of drug-likeness (QED) is 0.858. The zero-order valence-electron chi connectivity index (χ0n) is 12.5. The first kappa shape index (κ1) is 17.7. The second kappa shape index (κ2) is 6.86. The Labute approximate surface area is 138 Å². The van der Waals surface area contributed by atoms with Crippen molar-refractivity contribution in [2.75, 3.05) is 11.0 Å². The van der Waals surface area contributed by atoms with Crippen molar-refractivity contribution in [1.29, 1.82) is 0 Å². The summed E-state index contributed by atoms with van der Waals surface area (Å²) in [7, 11) is -3.49. The van der Waals surface area contributed by atoms with Crippen molar-refractivity contribution < 1.29 is 17.2 Å². The molecule has 0 heterocycles. The fourth-order valence-corrected chi connectivity index (χ4v) is 3.46. The van der Waals surface area contributed by atoms with Crippen LogP contribution in [0.15, 0.2) is 46.2 Å². The first-order chi connectivity index (χ1) is 10.7. The van der Waals surface area contributed by atoms with Gasteiger partial charge in [0.2, 0.25) is 10.0 Å². The van der Waals surface area contributed by atoms with Gasteiger partial charge in [-0.25, -0.2) is 17.2 Å². The Morgan fingerprint density at radius 1 is 1.13 bits per heavy atom. The molecular formula is C15H16F2N2O2S2. The van der Waals surface area contributed by atoms with E-state index in [1.54, 1.807) is 25.1 Å². The van der Waals surface area contributed by atoms with Gasteiger partial charge in [0.1, 0.15) is 11.6 Å². The van der Waals surface area contributed by atoms with Crippen LogP contribution in [-0.2, 0) is 10.0 Å². The lowest BCUT2D eigenvalue weighted by Crippen LogP contribution is -2.11. The Morgan fingerprint density at radius 3 is 2.39 bits per heavy atom. The summed E-state index contributed by atoms with van der Waals surface area (Å²) in [5.41, 5.74) is 6.91. The van der Waals surface area contributed by atoms with Gasteiger partial charge in [-0.2, -0.15) is 0 Å². The van der Waals surface area contributed by atoms with Crippen molar-refractivity contribution in [3.05, 3.63) is 53.6 Å². The maximum atomic E-state index is 13.8. The Bertz CT molecular complexity index is 824. The molecule has 2 aromatic carbocycles. The molecule has 0 aliphatic carbocycles. The molecule has 3 N–H and O–H groups in total. The molecule has 23 heavy (non-hydrogen) atoms. The molecule has 0 saturated heterocycles. The Hall–Kier alpha value is -1.64. The highest BCUT2D eigenvalue weighted by atomic mass is 32.2. The summed E-state index contributed by atoms with van der Waals surface area (Å²) in [6.07, 6.45) is 1.03. The van der Waals surface area contributed by atoms with Crippen LogP contribution < -0.4 is 10.5 Å². The predicted octanol–water partition coefficient (Wildman–Crippen LogP) is 3.51. The third-order valence-corrected chi connectivity index (χ3v) is 4.64. The molecule has 0 bridgehead atoms. The maximum absolute atomic E-state index is 13.8. The number of hydrogen-bond acceptors (Lipinski definition) is 4. The summed E-state index contributed by atoms with van der Waals surface area (Å²) < 4.78 is 52.2. The molecule has 0 radical (unpaired) electrons. The largest absolute Gasteiger partial charge is 0.324 e. The summed E-state index contributed by atoms with van der Waals surface area (Å²) in [5.74, 6) is -1.39. The molecule has 0 aliphatic heterocycles. The van der Waals surface area contributed by atoms with Crippen molar-refractivity contribution in [1.82, 2.24) is 0 Å². The lowest BCUT2D eigenvalue weighted by molar-refractivity contribution is 0.565. The number of nitrogens with two attached hydrogens (primary N) is 1. The Balaban J connectivity index is 2.46. The van der Waals surface area contributed by atoms with Crippen molar-refractivity contribution in [3.63, 3.8) is 0 Å². The highest BCUT2D eigenvalue weighted by Gasteiger charge is 2.14. The smallest absolute Gasteiger partial charge is 0.229 e. The number of sulfonamides is 1. The first-order valence-electron chi connectivity index (χ1n) is 6.66. The monoisotopic (exact) mass is 358 g/mol. The van der Waals surface area contributed by atoms with Crippen LogP contribution >= 0.6 is 11.8 Å². The van der Waals surface area contributed by atoms with Crippen molar-refractivity contribution in [2.45, 2.75) is 22.8 Å². The number of halogens is 2. The van der Waals surface area contributed by atoms with E-state index in [1.165, 1.54) is 6.07 Å². The minimum atomic E-state index is -3.49. The maximum Gasteiger partial charge on any atom is 0.229 e. The van der Waals surface area contributed by atoms with Crippen molar-refractivity contribution in [2.24, 2.45) is 5.73 Å². The molecule has 4 nitrogen and oxygen atoms in total. The van der Waals surface area contributed by atoms with Crippen LogP contribution in [0.5, 0.6) is 0 Å². The van der Waals surface area contributed by atoms with Gasteiger partial charge in [0, 0.05) is 21.9 Å². The fraction of sp³-hybridized carbons (Fsp3) is 0.200. The normalized spacial score (nSPS) is 12.9. The van der Waals surface area contributed by atoms with Crippen LogP contribution in [0.25, 0.3) is 0 Å². The van der Waals surface area contributed by atoms with Gasteiger partial charge >= 0.3 is 0 Å². The van der Waals surface area contributed by atoms with Gasteiger partial charge < -0.3 is 5.73 Å². The first-order valence-corrected chi connectivity index (χ1v) is 9.37. The molecule has 0 fully saturated rings. The topological polar surface area (TPSA) is 72.2 Å². The van der Waals surface area contributed by atoms with Crippen molar-refractivity contribution >= 4 is 27.5 Å². The zero-order chi connectivity index (χ0) is 17.2. The van der Waals surface area contributed by atoms with Gasteiger partial charge in [-0.15, -0.1) is 0 Å². The SMILES string of the molecule is CC(N)c1ccc(NS(C)(=O)=O)c(Sc2ccc(F)cc2F)c1. The van der Waals surface area contributed by atoms with Crippen LogP contribution in [0.2, 0.25) is 0 Å². The molecule has 124 valence electrons. The summed E-state index contributed by atoms with van der Waals surface area (Å²) in [5, 5.41) is 0. The van der Waals surface area contributed by atoms with Crippen LogP contribution in [-0.4, -0.2) is 14.7 Å². The van der Waals surface area contributed by atoms with Crippen LogP contribution in [0.4, 0.5) is 14.5 Å². The molecule has 8 heteroatoms. The highest BCUT2D eigenvalue weighted by Crippen LogP contribution is 2.37. The Kier molecular flexibility index (Phi) is 5.28. The summed E-state index contributed by atoms with van der Waals surface area (Å²) in [6.45, 7) is 1.78. The summed E-state index contributed by atoms with van der Waals surface area (Å²) >= 11 is 0.998. The summed E-state index contributed by atoms with van der Waals surface area (Å²) in [6, 6.07) is 7.92. The lowest BCUT2D eigenvalue weighted by Gasteiger charge is -2.14.